The van der Waals surface area contributed by atoms with Crippen LogP contribution in [0.1, 0.15) is 24.2 Å². The van der Waals surface area contributed by atoms with Crippen molar-refractivity contribution in [1.82, 2.24) is 5.32 Å². The minimum atomic E-state index is 0.0120. The van der Waals surface area contributed by atoms with Gasteiger partial charge in [0, 0.05) is 17.1 Å². The summed E-state index contributed by atoms with van der Waals surface area (Å²) in [5, 5.41) is 3.85. The standard InChI is InChI=1S/C16H18ClNO/c1-12(13-6-4-3-5-7-13)19-16-9-8-15(17)10-14(16)11-18-2/h3-10,12,18H,11H2,1-2H3. The van der Waals surface area contributed by atoms with Gasteiger partial charge in [0.05, 0.1) is 0 Å². The van der Waals surface area contributed by atoms with E-state index in [1.165, 1.54) is 0 Å². The molecular weight excluding hydrogens is 258 g/mol. The number of hydrogen-bond acceptors (Lipinski definition) is 2. The van der Waals surface area contributed by atoms with E-state index in [9.17, 15) is 0 Å². The average Bonchev–Trinajstić information content (AvgIpc) is 2.43. The van der Waals surface area contributed by atoms with Crippen molar-refractivity contribution in [3.8, 4) is 5.75 Å². The zero-order valence-electron chi connectivity index (χ0n) is 11.2. The van der Waals surface area contributed by atoms with Gasteiger partial charge in [-0.15, -0.1) is 0 Å². The third-order valence-corrected chi connectivity index (χ3v) is 3.20. The van der Waals surface area contributed by atoms with Gasteiger partial charge < -0.3 is 10.1 Å². The van der Waals surface area contributed by atoms with Crippen LogP contribution in [0.25, 0.3) is 0 Å². The third-order valence-electron chi connectivity index (χ3n) is 2.96. The molecule has 0 radical (unpaired) electrons. The van der Waals surface area contributed by atoms with Crippen LogP contribution in [0.3, 0.4) is 0 Å². The summed E-state index contributed by atoms with van der Waals surface area (Å²) < 4.78 is 6.04. The molecule has 0 aliphatic heterocycles. The molecule has 0 saturated carbocycles. The summed E-state index contributed by atoms with van der Waals surface area (Å²) in [6.45, 7) is 2.78. The van der Waals surface area contributed by atoms with Crippen LogP contribution in [0.15, 0.2) is 48.5 Å². The van der Waals surface area contributed by atoms with Crippen LogP contribution in [-0.2, 0) is 6.54 Å². The molecule has 0 bridgehead atoms. The monoisotopic (exact) mass is 275 g/mol. The highest BCUT2D eigenvalue weighted by atomic mass is 35.5. The van der Waals surface area contributed by atoms with E-state index in [2.05, 4.69) is 17.4 Å². The van der Waals surface area contributed by atoms with Crippen LogP contribution in [0.2, 0.25) is 5.02 Å². The Balaban J connectivity index is 2.18. The lowest BCUT2D eigenvalue weighted by atomic mass is 10.1. The summed E-state index contributed by atoms with van der Waals surface area (Å²) in [5.74, 6) is 0.870. The van der Waals surface area contributed by atoms with Crippen LogP contribution < -0.4 is 10.1 Å². The minimum absolute atomic E-state index is 0.0120. The normalized spacial score (nSPS) is 12.2. The molecule has 0 aromatic heterocycles. The van der Waals surface area contributed by atoms with E-state index < -0.39 is 0 Å². The number of hydrogen-bond donors (Lipinski definition) is 1. The summed E-state index contributed by atoms with van der Waals surface area (Å²) >= 11 is 6.02. The Morgan fingerprint density at radius 3 is 2.58 bits per heavy atom. The molecule has 2 nitrogen and oxygen atoms in total. The molecule has 19 heavy (non-hydrogen) atoms. The Labute approximate surface area is 119 Å². The highest BCUT2D eigenvalue weighted by Crippen LogP contribution is 2.27. The van der Waals surface area contributed by atoms with Gasteiger partial charge in [-0.3, -0.25) is 0 Å². The van der Waals surface area contributed by atoms with Gasteiger partial charge in [-0.25, -0.2) is 0 Å². The SMILES string of the molecule is CNCc1cc(Cl)ccc1OC(C)c1ccccc1. The maximum atomic E-state index is 6.04. The number of nitrogens with one attached hydrogen (secondary N) is 1. The van der Waals surface area contributed by atoms with Crippen molar-refractivity contribution in [1.29, 1.82) is 0 Å². The quantitative estimate of drug-likeness (QED) is 0.883. The zero-order valence-corrected chi connectivity index (χ0v) is 11.9. The molecule has 0 heterocycles. The van der Waals surface area contributed by atoms with Gasteiger partial charge in [0.25, 0.3) is 0 Å². The molecule has 1 atom stereocenters. The topological polar surface area (TPSA) is 21.3 Å². The van der Waals surface area contributed by atoms with E-state index in [1.54, 1.807) is 0 Å². The van der Waals surface area contributed by atoms with Crippen LogP contribution in [0, 0.1) is 0 Å². The molecule has 2 aromatic rings. The molecular formula is C16H18ClNO. The molecule has 1 unspecified atom stereocenters. The summed E-state index contributed by atoms with van der Waals surface area (Å²) in [6.07, 6.45) is 0.0120. The Bertz CT molecular complexity index is 528. The first-order chi connectivity index (χ1) is 9.20. The van der Waals surface area contributed by atoms with Crippen molar-refractivity contribution in [3.63, 3.8) is 0 Å². The van der Waals surface area contributed by atoms with E-state index in [0.29, 0.717) is 0 Å². The molecule has 0 aliphatic rings. The first-order valence-corrected chi connectivity index (χ1v) is 6.73. The number of rotatable bonds is 5. The number of halogens is 1. The highest BCUT2D eigenvalue weighted by Gasteiger charge is 2.10. The van der Waals surface area contributed by atoms with Gasteiger partial charge in [-0.05, 0) is 37.7 Å². The second-order valence-corrected chi connectivity index (χ2v) is 4.89. The Hall–Kier alpha value is -1.51. The molecule has 0 saturated heterocycles. The van der Waals surface area contributed by atoms with E-state index in [4.69, 9.17) is 16.3 Å². The summed E-state index contributed by atoms with van der Waals surface area (Å²) in [5.41, 5.74) is 2.23. The van der Waals surface area contributed by atoms with Crippen LogP contribution >= 0.6 is 11.6 Å². The van der Waals surface area contributed by atoms with Gasteiger partial charge in [0.1, 0.15) is 11.9 Å². The molecule has 2 rings (SSSR count). The molecule has 0 spiro atoms. The molecule has 2 aromatic carbocycles. The van der Waals surface area contributed by atoms with Gasteiger partial charge in [0.15, 0.2) is 0 Å². The van der Waals surface area contributed by atoms with E-state index in [0.717, 1.165) is 28.4 Å². The molecule has 0 amide bonds. The largest absolute Gasteiger partial charge is 0.486 e. The average molecular weight is 276 g/mol. The van der Waals surface area contributed by atoms with Crippen LogP contribution in [-0.4, -0.2) is 7.05 Å². The molecule has 0 aliphatic carbocycles. The second-order valence-electron chi connectivity index (χ2n) is 4.45. The van der Waals surface area contributed by atoms with E-state index in [1.807, 2.05) is 50.4 Å². The van der Waals surface area contributed by atoms with Crippen molar-refractivity contribution >= 4 is 11.6 Å². The second kappa shape index (κ2) is 6.60. The van der Waals surface area contributed by atoms with Crippen molar-refractivity contribution in [2.45, 2.75) is 19.6 Å². The van der Waals surface area contributed by atoms with Gasteiger partial charge in [-0.1, -0.05) is 41.9 Å². The fourth-order valence-corrected chi connectivity index (χ4v) is 2.17. The van der Waals surface area contributed by atoms with Gasteiger partial charge in [-0.2, -0.15) is 0 Å². The maximum absolute atomic E-state index is 6.04. The highest BCUT2D eigenvalue weighted by molar-refractivity contribution is 6.30. The zero-order chi connectivity index (χ0) is 13.7. The minimum Gasteiger partial charge on any atom is -0.486 e. The lowest BCUT2D eigenvalue weighted by Crippen LogP contribution is -2.09. The van der Waals surface area contributed by atoms with E-state index in [-0.39, 0.29) is 6.10 Å². The van der Waals surface area contributed by atoms with Crippen LogP contribution in [0.5, 0.6) is 5.75 Å². The molecule has 100 valence electrons. The van der Waals surface area contributed by atoms with Crippen molar-refractivity contribution in [3.05, 3.63) is 64.7 Å². The first kappa shape index (κ1) is 13.9. The first-order valence-electron chi connectivity index (χ1n) is 6.35. The number of ether oxygens (including phenoxy) is 1. The van der Waals surface area contributed by atoms with Crippen molar-refractivity contribution in [2.75, 3.05) is 7.05 Å². The summed E-state index contributed by atoms with van der Waals surface area (Å²) in [6, 6.07) is 15.9. The van der Waals surface area contributed by atoms with Crippen LogP contribution in [0.4, 0.5) is 0 Å². The Kier molecular flexibility index (Phi) is 4.83. The van der Waals surface area contributed by atoms with Gasteiger partial charge >= 0.3 is 0 Å². The lowest BCUT2D eigenvalue weighted by molar-refractivity contribution is 0.224. The molecule has 0 fully saturated rings. The van der Waals surface area contributed by atoms with Crippen molar-refractivity contribution in [2.24, 2.45) is 0 Å². The molecule has 1 N–H and O–H groups in total. The fourth-order valence-electron chi connectivity index (χ4n) is 1.97. The molecule has 3 heteroatoms. The predicted molar refractivity (Wildman–Crippen MR) is 79.7 cm³/mol. The predicted octanol–water partition coefficient (Wildman–Crippen LogP) is 4.20. The Morgan fingerprint density at radius 2 is 1.89 bits per heavy atom. The van der Waals surface area contributed by atoms with E-state index >= 15 is 0 Å². The maximum Gasteiger partial charge on any atom is 0.124 e. The number of benzene rings is 2. The Morgan fingerprint density at radius 1 is 1.16 bits per heavy atom. The summed E-state index contributed by atoms with van der Waals surface area (Å²) in [7, 11) is 1.91. The third kappa shape index (κ3) is 3.72. The fraction of sp³-hybridized carbons (Fsp3) is 0.250. The van der Waals surface area contributed by atoms with Crippen molar-refractivity contribution < 1.29 is 4.74 Å². The summed E-state index contributed by atoms with van der Waals surface area (Å²) in [4.78, 5) is 0. The van der Waals surface area contributed by atoms with Gasteiger partial charge in [0.2, 0.25) is 0 Å². The smallest absolute Gasteiger partial charge is 0.124 e. The lowest BCUT2D eigenvalue weighted by Gasteiger charge is -2.18.